The third-order valence-electron chi connectivity index (χ3n) is 3.25. The maximum atomic E-state index is 13.7. The number of nitrogen functional groups attached to an aromatic ring is 1. The Labute approximate surface area is 115 Å². The number of aryl methyl sites for hydroxylation is 2. The van der Waals surface area contributed by atoms with E-state index in [2.05, 4.69) is 15.4 Å². The number of aromatic nitrogens is 3. The summed E-state index contributed by atoms with van der Waals surface area (Å²) in [6.07, 6.45) is 1.30. The number of nitrogens with one attached hydrogen (secondary N) is 1. The molecule has 2 rings (SSSR count). The fourth-order valence-electron chi connectivity index (χ4n) is 1.97. The molecule has 0 saturated heterocycles. The maximum Gasteiger partial charge on any atom is 0.254 e. The molecule has 0 atom stereocenters. The van der Waals surface area contributed by atoms with Crippen molar-refractivity contribution < 1.29 is 9.18 Å². The van der Waals surface area contributed by atoms with E-state index >= 15 is 0 Å². The Kier molecular flexibility index (Phi) is 3.69. The van der Waals surface area contributed by atoms with Gasteiger partial charge in [-0.1, -0.05) is 0 Å². The number of anilines is 1. The molecular formula is C13H16FN5O. The van der Waals surface area contributed by atoms with E-state index in [0.29, 0.717) is 0 Å². The Morgan fingerprint density at radius 2 is 2.20 bits per heavy atom. The van der Waals surface area contributed by atoms with E-state index in [1.54, 1.807) is 4.68 Å². The van der Waals surface area contributed by atoms with Gasteiger partial charge in [-0.25, -0.2) is 9.37 Å². The van der Waals surface area contributed by atoms with Crippen LogP contribution < -0.4 is 11.1 Å². The topological polar surface area (TPSA) is 85.8 Å². The highest BCUT2D eigenvalue weighted by molar-refractivity contribution is 5.95. The largest absolute Gasteiger partial charge is 0.381 e. The summed E-state index contributed by atoms with van der Waals surface area (Å²) in [5.41, 5.74) is 7.93. The standard InChI is InChI=1S/C13H16FN5O/c1-7-10(8(2)19(3)18-7)6-17-13(20)9-4-5-16-12(15)11(9)14/h4-5H,6H2,1-3H3,(H2,15,16)(H,17,20). The lowest BCUT2D eigenvalue weighted by molar-refractivity contribution is 0.0946. The molecule has 0 aliphatic heterocycles. The summed E-state index contributed by atoms with van der Waals surface area (Å²) >= 11 is 0. The monoisotopic (exact) mass is 277 g/mol. The Bertz CT molecular complexity index is 665. The molecule has 0 aromatic carbocycles. The summed E-state index contributed by atoms with van der Waals surface area (Å²) in [4.78, 5) is 15.5. The fourth-order valence-corrected chi connectivity index (χ4v) is 1.97. The number of carbonyl (C=O) groups is 1. The molecule has 7 heteroatoms. The molecule has 0 fully saturated rings. The van der Waals surface area contributed by atoms with Crippen LogP contribution in [0.2, 0.25) is 0 Å². The number of halogens is 1. The minimum Gasteiger partial charge on any atom is -0.381 e. The smallest absolute Gasteiger partial charge is 0.254 e. The van der Waals surface area contributed by atoms with E-state index in [4.69, 9.17) is 5.73 Å². The van der Waals surface area contributed by atoms with Crippen molar-refractivity contribution in [3.8, 4) is 0 Å². The molecule has 2 aromatic rings. The highest BCUT2D eigenvalue weighted by Crippen LogP contribution is 2.14. The lowest BCUT2D eigenvalue weighted by Gasteiger charge is -2.07. The van der Waals surface area contributed by atoms with Crippen molar-refractivity contribution in [1.82, 2.24) is 20.1 Å². The number of rotatable bonds is 3. The van der Waals surface area contributed by atoms with Crippen molar-refractivity contribution in [1.29, 1.82) is 0 Å². The van der Waals surface area contributed by atoms with Crippen LogP contribution in [-0.4, -0.2) is 20.7 Å². The number of nitrogens with two attached hydrogens (primary N) is 1. The van der Waals surface area contributed by atoms with Crippen molar-refractivity contribution in [2.24, 2.45) is 7.05 Å². The van der Waals surface area contributed by atoms with Crippen LogP contribution in [0, 0.1) is 19.7 Å². The molecular weight excluding hydrogens is 261 g/mol. The number of pyridine rings is 1. The van der Waals surface area contributed by atoms with Crippen LogP contribution in [0.3, 0.4) is 0 Å². The van der Waals surface area contributed by atoms with Crippen LogP contribution >= 0.6 is 0 Å². The normalized spacial score (nSPS) is 10.6. The SMILES string of the molecule is Cc1nn(C)c(C)c1CNC(=O)c1ccnc(N)c1F. The Hall–Kier alpha value is -2.44. The van der Waals surface area contributed by atoms with E-state index in [-0.39, 0.29) is 17.9 Å². The summed E-state index contributed by atoms with van der Waals surface area (Å²) in [7, 11) is 1.83. The first kappa shape index (κ1) is 14.0. The van der Waals surface area contributed by atoms with Gasteiger partial charge in [0, 0.05) is 31.0 Å². The van der Waals surface area contributed by atoms with Gasteiger partial charge in [0.2, 0.25) is 0 Å². The van der Waals surface area contributed by atoms with Crippen LogP contribution in [-0.2, 0) is 13.6 Å². The molecule has 2 heterocycles. The second-order valence-corrected chi connectivity index (χ2v) is 4.51. The van der Waals surface area contributed by atoms with E-state index in [9.17, 15) is 9.18 Å². The van der Waals surface area contributed by atoms with Crippen molar-refractivity contribution in [3.63, 3.8) is 0 Å². The number of hydrogen-bond acceptors (Lipinski definition) is 4. The molecule has 0 bridgehead atoms. The Morgan fingerprint density at radius 1 is 1.50 bits per heavy atom. The zero-order chi connectivity index (χ0) is 14.9. The minimum absolute atomic E-state index is 0.114. The van der Waals surface area contributed by atoms with Crippen LogP contribution in [0.5, 0.6) is 0 Å². The van der Waals surface area contributed by atoms with E-state index < -0.39 is 11.7 Å². The van der Waals surface area contributed by atoms with Gasteiger partial charge in [0.05, 0.1) is 11.3 Å². The zero-order valence-electron chi connectivity index (χ0n) is 11.6. The Morgan fingerprint density at radius 3 is 2.80 bits per heavy atom. The van der Waals surface area contributed by atoms with E-state index in [1.807, 2.05) is 20.9 Å². The molecule has 106 valence electrons. The lowest BCUT2D eigenvalue weighted by atomic mass is 10.2. The Balaban J connectivity index is 2.15. The van der Waals surface area contributed by atoms with Crippen LogP contribution in [0.1, 0.15) is 27.3 Å². The molecule has 0 saturated carbocycles. The minimum atomic E-state index is -0.801. The van der Waals surface area contributed by atoms with Gasteiger partial charge in [-0.2, -0.15) is 5.10 Å². The molecule has 6 nitrogen and oxygen atoms in total. The third kappa shape index (κ3) is 2.47. The van der Waals surface area contributed by atoms with E-state index in [0.717, 1.165) is 17.0 Å². The average Bonchev–Trinajstić information content (AvgIpc) is 2.64. The molecule has 2 aromatic heterocycles. The fraction of sp³-hybridized carbons (Fsp3) is 0.308. The quantitative estimate of drug-likeness (QED) is 0.879. The van der Waals surface area contributed by atoms with Gasteiger partial charge >= 0.3 is 0 Å². The van der Waals surface area contributed by atoms with Crippen LogP contribution in [0.4, 0.5) is 10.2 Å². The van der Waals surface area contributed by atoms with Crippen LogP contribution in [0.15, 0.2) is 12.3 Å². The lowest BCUT2D eigenvalue weighted by Crippen LogP contribution is -2.25. The van der Waals surface area contributed by atoms with Gasteiger partial charge in [0.1, 0.15) is 0 Å². The molecule has 0 aliphatic rings. The highest BCUT2D eigenvalue weighted by Gasteiger charge is 2.16. The third-order valence-corrected chi connectivity index (χ3v) is 3.25. The van der Waals surface area contributed by atoms with Gasteiger partial charge < -0.3 is 11.1 Å². The average molecular weight is 277 g/mol. The van der Waals surface area contributed by atoms with Gasteiger partial charge in [0.25, 0.3) is 5.91 Å². The summed E-state index contributed by atoms with van der Waals surface area (Å²) in [5.74, 6) is -1.62. The van der Waals surface area contributed by atoms with Crippen molar-refractivity contribution in [3.05, 3.63) is 40.6 Å². The number of nitrogens with zero attached hydrogens (tertiary/aromatic N) is 3. The first-order valence-electron chi connectivity index (χ1n) is 6.09. The van der Waals surface area contributed by atoms with Crippen molar-refractivity contribution in [2.75, 3.05) is 5.73 Å². The molecule has 1 amide bonds. The summed E-state index contributed by atoms with van der Waals surface area (Å²) in [6.45, 7) is 4.05. The van der Waals surface area contributed by atoms with Crippen LogP contribution in [0.25, 0.3) is 0 Å². The summed E-state index contributed by atoms with van der Waals surface area (Å²) in [5, 5.41) is 6.92. The first-order chi connectivity index (χ1) is 9.41. The maximum absolute atomic E-state index is 13.7. The molecule has 0 unspecified atom stereocenters. The van der Waals surface area contributed by atoms with Crippen molar-refractivity contribution in [2.45, 2.75) is 20.4 Å². The molecule has 20 heavy (non-hydrogen) atoms. The van der Waals surface area contributed by atoms with Gasteiger partial charge in [-0.05, 0) is 19.9 Å². The second-order valence-electron chi connectivity index (χ2n) is 4.51. The molecule has 0 spiro atoms. The van der Waals surface area contributed by atoms with Crippen molar-refractivity contribution >= 4 is 11.7 Å². The summed E-state index contributed by atoms with van der Waals surface area (Å²) < 4.78 is 15.4. The predicted octanol–water partition coefficient (Wildman–Crippen LogP) is 1.08. The highest BCUT2D eigenvalue weighted by atomic mass is 19.1. The van der Waals surface area contributed by atoms with Gasteiger partial charge in [-0.3, -0.25) is 9.48 Å². The second kappa shape index (κ2) is 5.28. The van der Waals surface area contributed by atoms with E-state index in [1.165, 1.54) is 12.3 Å². The molecule has 0 radical (unpaired) electrons. The molecule has 0 aliphatic carbocycles. The molecule has 3 N–H and O–H groups in total. The summed E-state index contributed by atoms with van der Waals surface area (Å²) in [6, 6.07) is 1.30. The number of carbonyl (C=O) groups excluding carboxylic acids is 1. The number of hydrogen-bond donors (Lipinski definition) is 2. The first-order valence-corrected chi connectivity index (χ1v) is 6.09. The van der Waals surface area contributed by atoms with Gasteiger partial charge in [-0.15, -0.1) is 0 Å². The predicted molar refractivity (Wildman–Crippen MR) is 72.5 cm³/mol. The number of amides is 1. The zero-order valence-corrected chi connectivity index (χ0v) is 11.6. The van der Waals surface area contributed by atoms with Gasteiger partial charge in [0.15, 0.2) is 11.6 Å².